The Labute approximate surface area is 100 Å². The lowest BCUT2D eigenvalue weighted by Crippen LogP contribution is -2.08. The van der Waals surface area contributed by atoms with Crippen molar-refractivity contribution in [1.82, 2.24) is 0 Å². The van der Waals surface area contributed by atoms with Crippen LogP contribution in [-0.4, -0.2) is 5.71 Å². The van der Waals surface area contributed by atoms with Crippen LogP contribution >= 0.6 is 0 Å². The van der Waals surface area contributed by atoms with Crippen LogP contribution in [0.25, 0.3) is 0 Å². The molecule has 0 bridgehead atoms. The number of aliphatic imine (C=N–C) groups is 1. The Morgan fingerprint density at radius 3 is 2.38 bits per heavy atom. The Bertz CT molecular complexity index is 314. The smallest absolute Gasteiger partial charge is 0.0407 e. The van der Waals surface area contributed by atoms with E-state index in [1.165, 1.54) is 29.8 Å². The largest absolute Gasteiger partial charge is 0.258 e. The zero-order valence-electron chi connectivity index (χ0n) is 11.4. The Kier molecular flexibility index (Phi) is 4.98. The zero-order chi connectivity index (χ0) is 12.1. The van der Waals surface area contributed by atoms with E-state index in [1.807, 2.05) is 0 Å². The van der Waals surface area contributed by atoms with Crippen molar-refractivity contribution in [2.45, 2.75) is 53.9 Å². The molecule has 0 saturated heterocycles. The van der Waals surface area contributed by atoms with Gasteiger partial charge in [-0.2, -0.15) is 0 Å². The van der Waals surface area contributed by atoms with Gasteiger partial charge in [-0.1, -0.05) is 39.8 Å². The van der Waals surface area contributed by atoms with Crippen LogP contribution in [0.5, 0.6) is 0 Å². The molecule has 1 heterocycles. The molecule has 0 spiro atoms. The lowest BCUT2D eigenvalue weighted by atomic mass is 9.94. The molecule has 0 aromatic carbocycles. The first-order valence-electron chi connectivity index (χ1n) is 6.54. The van der Waals surface area contributed by atoms with Gasteiger partial charge in [0.1, 0.15) is 0 Å². The monoisotopic (exact) mass is 219 g/mol. The second-order valence-corrected chi connectivity index (χ2v) is 4.95. The van der Waals surface area contributed by atoms with E-state index in [2.05, 4.69) is 46.8 Å². The van der Waals surface area contributed by atoms with Crippen LogP contribution in [0.2, 0.25) is 0 Å². The number of allylic oxidation sites excluding steroid dienone is 4. The van der Waals surface area contributed by atoms with Crippen molar-refractivity contribution < 1.29 is 0 Å². The molecule has 1 aliphatic rings. The maximum atomic E-state index is 4.69. The lowest BCUT2D eigenvalue weighted by molar-refractivity contribution is 0.603. The van der Waals surface area contributed by atoms with Crippen molar-refractivity contribution in [2.75, 3.05) is 0 Å². The third-order valence-corrected chi connectivity index (χ3v) is 3.37. The Morgan fingerprint density at radius 1 is 1.31 bits per heavy atom. The first-order valence-corrected chi connectivity index (χ1v) is 6.54. The summed E-state index contributed by atoms with van der Waals surface area (Å²) in [6, 6.07) is 0. The van der Waals surface area contributed by atoms with E-state index in [0.29, 0.717) is 11.8 Å². The molecular formula is C15H25N. The normalized spacial score (nSPS) is 19.3. The lowest BCUT2D eigenvalue weighted by Gasteiger charge is -2.17. The second-order valence-electron chi connectivity index (χ2n) is 4.95. The predicted molar refractivity (Wildman–Crippen MR) is 72.8 cm³/mol. The highest BCUT2D eigenvalue weighted by molar-refractivity contribution is 5.99. The van der Waals surface area contributed by atoms with Crippen LogP contribution < -0.4 is 0 Å². The van der Waals surface area contributed by atoms with E-state index in [1.54, 1.807) is 0 Å². The van der Waals surface area contributed by atoms with Gasteiger partial charge in [-0.25, -0.2) is 0 Å². The summed E-state index contributed by atoms with van der Waals surface area (Å²) >= 11 is 0. The van der Waals surface area contributed by atoms with E-state index >= 15 is 0 Å². The first kappa shape index (κ1) is 13.2. The van der Waals surface area contributed by atoms with Gasteiger partial charge in [0.2, 0.25) is 0 Å². The average molecular weight is 219 g/mol. The quantitative estimate of drug-likeness (QED) is 0.647. The van der Waals surface area contributed by atoms with Gasteiger partial charge in [-0.15, -0.1) is 0 Å². The van der Waals surface area contributed by atoms with E-state index in [4.69, 9.17) is 4.99 Å². The minimum Gasteiger partial charge on any atom is -0.258 e. The van der Waals surface area contributed by atoms with Gasteiger partial charge >= 0.3 is 0 Å². The molecular weight excluding hydrogens is 194 g/mol. The van der Waals surface area contributed by atoms with Gasteiger partial charge in [0.15, 0.2) is 0 Å². The van der Waals surface area contributed by atoms with Gasteiger partial charge < -0.3 is 0 Å². The fraction of sp³-hybridized carbons (Fsp3) is 0.667. The molecule has 1 nitrogen and oxygen atoms in total. The summed E-state index contributed by atoms with van der Waals surface area (Å²) in [5.41, 5.74) is 3.90. The molecule has 0 atom stereocenters. The van der Waals surface area contributed by atoms with Gasteiger partial charge in [0.05, 0.1) is 0 Å². The third-order valence-electron chi connectivity index (χ3n) is 3.37. The van der Waals surface area contributed by atoms with Gasteiger partial charge in [-0.3, -0.25) is 4.99 Å². The van der Waals surface area contributed by atoms with Crippen molar-refractivity contribution >= 4 is 5.71 Å². The molecule has 0 amide bonds. The topological polar surface area (TPSA) is 12.4 Å². The van der Waals surface area contributed by atoms with Gasteiger partial charge in [0, 0.05) is 11.4 Å². The first-order chi connectivity index (χ1) is 7.58. The molecule has 0 fully saturated rings. The maximum absolute atomic E-state index is 4.69. The van der Waals surface area contributed by atoms with Crippen molar-refractivity contribution in [3.8, 4) is 0 Å². The fourth-order valence-corrected chi connectivity index (χ4v) is 2.04. The Hall–Kier alpha value is -0.850. The van der Waals surface area contributed by atoms with Crippen LogP contribution in [0.3, 0.4) is 0 Å². The summed E-state index contributed by atoms with van der Waals surface area (Å²) in [5, 5.41) is 0. The summed E-state index contributed by atoms with van der Waals surface area (Å²) in [4.78, 5) is 4.69. The zero-order valence-corrected chi connectivity index (χ0v) is 11.4. The van der Waals surface area contributed by atoms with E-state index in [9.17, 15) is 0 Å². The highest BCUT2D eigenvalue weighted by Gasteiger charge is 2.12. The summed E-state index contributed by atoms with van der Waals surface area (Å²) in [7, 11) is 0. The van der Waals surface area contributed by atoms with Crippen LogP contribution in [0.15, 0.2) is 28.4 Å². The van der Waals surface area contributed by atoms with Crippen molar-refractivity contribution in [3.63, 3.8) is 0 Å². The number of rotatable bonds is 4. The summed E-state index contributed by atoms with van der Waals surface area (Å²) in [5.74, 6) is 1.26. The van der Waals surface area contributed by atoms with Crippen LogP contribution in [0, 0.1) is 11.8 Å². The molecule has 0 aliphatic carbocycles. The fourth-order valence-electron chi connectivity index (χ4n) is 2.04. The summed E-state index contributed by atoms with van der Waals surface area (Å²) in [6.45, 7) is 11.1. The SMILES string of the molecule is CCC(/C=C1/CC=C(C(C)C)N=C1C)CC. The maximum Gasteiger partial charge on any atom is 0.0407 e. The van der Waals surface area contributed by atoms with Crippen molar-refractivity contribution in [3.05, 3.63) is 23.4 Å². The standard InChI is InChI=1S/C15H25N/c1-6-13(7-2)10-14-8-9-15(11(3)4)16-12(14)5/h9-11,13H,6-8H2,1-5H3/b14-10-. The van der Waals surface area contributed by atoms with Crippen LogP contribution in [0.1, 0.15) is 53.9 Å². The van der Waals surface area contributed by atoms with E-state index in [0.717, 1.165) is 6.42 Å². The highest BCUT2D eigenvalue weighted by Crippen LogP contribution is 2.24. The van der Waals surface area contributed by atoms with Crippen molar-refractivity contribution in [1.29, 1.82) is 0 Å². The minimum atomic E-state index is 0.546. The third kappa shape index (κ3) is 3.33. The molecule has 90 valence electrons. The average Bonchev–Trinajstić information content (AvgIpc) is 2.27. The minimum absolute atomic E-state index is 0.546. The molecule has 0 aromatic heterocycles. The number of hydrogen-bond donors (Lipinski definition) is 0. The second kappa shape index (κ2) is 6.03. The molecule has 16 heavy (non-hydrogen) atoms. The van der Waals surface area contributed by atoms with E-state index in [-0.39, 0.29) is 0 Å². The number of hydrogen-bond acceptors (Lipinski definition) is 1. The van der Waals surface area contributed by atoms with Crippen LogP contribution in [0.4, 0.5) is 0 Å². The molecule has 1 aliphatic heterocycles. The molecule has 0 radical (unpaired) electrons. The van der Waals surface area contributed by atoms with Crippen LogP contribution in [-0.2, 0) is 0 Å². The molecule has 0 N–H and O–H groups in total. The van der Waals surface area contributed by atoms with Gasteiger partial charge in [-0.05, 0) is 43.6 Å². The molecule has 1 rings (SSSR count). The Morgan fingerprint density at radius 2 is 1.94 bits per heavy atom. The van der Waals surface area contributed by atoms with Crippen molar-refractivity contribution in [2.24, 2.45) is 16.8 Å². The Balaban J connectivity index is 2.80. The predicted octanol–water partition coefficient (Wildman–Crippen LogP) is 4.75. The molecule has 0 unspecified atom stereocenters. The number of nitrogens with zero attached hydrogens (tertiary/aromatic N) is 1. The molecule has 0 aromatic rings. The molecule has 0 saturated carbocycles. The summed E-state index contributed by atoms with van der Waals surface area (Å²) in [6.07, 6.45) is 8.24. The highest BCUT2D eigenvalue weighted by atomic mass is 14.8. The van der Waals surface area contributed by atoms with E-state index < -0.39 is 0 Å². The molecule has 1 heteroatoms. The van der Waals surface area contributed by atoms with Gasteiger partial charge in [0.25, 0.3) is 0 Å². The summed E-state index contributed by atoms with van der Waals surface area (Å²) < 4.78 is 0.